The van der Waals surface area contributed by atoms with Crippen LogP contribution in [0, 0.1) is 5.92 Å². The molecule has 0 aromatic heterocycles. The quantitative estimate of drug-likeness (QED) is 0.506. The Hall–Kier alpha value is -1.06. The van der Waals surface area contributed by atoms with Crippen LogP contribution in [-0.2, 0) is 4.79 Å². The molecule has 1 amide bonds. The first-order chi connectivity index (χ1) is 6.81. The third kappa shape index (κ3) is 1.74. The molecule has 0 aromatic rings. The number of amides is 1. The molecule has 4 heteroatoms. The fraction of sp³-hybridized carbons (Fsp3) is 0.800. The molecule has 1 saturated heterocycles. The maximum absolute atomic E-state index is 11.8. The Morgan fingerprint density at radius 2 is 2.00 bits per heavy atom. The normalized spacial score (nSPS) is 23.1. The summed E-state index contributed by atoms with van der Waals surface area (Å²) in [7, 11) is 0. The molecule has 0 unspecified atom stereocenters. The lowest BCUT2D eigenvalue weighted by Gasteiger charge is -2.34. The minimum atomic E-state index is 0.294. The molecule has 14 heavy (non-hydrogen) atoms. The lowest BCUT2D eigenvalue weighted by Crippen LogP contribution is -2.43. The van der Waals surface area contributed by atoms with Gasteiger partial charge in [0, 0.05) is 31.8 Å². The molecular weight excluding hydrogens is 180 g/mol. The largest absolute Gasteiger partial charge is 0.411 e. The third-order valence-corrected chi connectivity index (χ3v) is 3.25. The number of oxime groups is 1. The fourth-order valence-electron chi connectivity index (χ4n) is 2.00. The van der Waals surface area contributed by atoms with Crippen molar-refractivity contribution < 1.29 is 10.0 Å². The highest BCUT2D eigenvalue weighted by molar-refractivity contribution is 5.87. The van der Waals surface area contributed by atoms with Crippen LogP contribution in [0.25, 0.3) is 0 Å². The van der Waals surface area contributed by atoms with E-state index in [2.05, 4.69) is 5.16 Å². The summed E-state index contributed by atoms with van der Waals surface area (Å²) in [6.07, 6.45) is 4.80. The van der Waals surface area contributed by atoms with Gasteiger partial charge in [-0.15, -0.1) is 0 Å². The van der Waals surface area contributed by atoms with Crippen molar-refractivity contribution in [1.82, 2.24) is 4.90 Å². The second kappa shape index (κ2) is 3.98. The zero-order chi connectivity index (χ0) is 9.97. The predicted molar refractivity (Wildman–Crippen MR) is 52.4 cm³/mol. The topological polar surface area (TPSA) is 52.9 Å². The van der Waals surface area contributed by atoms with Crippen LogP contribution in [0.3, 0.4) is 0 Å². The van der Waals surface area contributed by atoms with E-state index in [1.54, 1.807) is 0 Å². The van der Waals surface area contributed by atoms with E-state index < -0.39 is 0 Å². The summed E-state index contributed by atoms with van der Waals surface area (Å²) >= 11 is 0. The highest BCUT2D eigenvalue weighted by atomic mass is 16.4. The van der Waals surface area contributed by atoms with Crippen molar-refractivity contribution in [3.63, 3.8) is 0 Å². The van der Waals surface area contributed by atoms with E-state index in [1.807, 2.05) is 4.90 Å². The van der Waals surface area contributed by atoms with Crippen LogP contribution in [0.2, 0.25) is 0 Å². The van der Waals surface area contributed by atoms with Crippen molar-refractivity contribution in [2.24, 2.45) is 11.1 Å². The van der Waals surface area contributed by atoms with Crippen molar-refractivity contribution in [3.8, 4) is 0 Å². The minimum absolute atomic E-state index is 0.294. The maximum atomic E-state index is 11.8. The summed E-state index contributed by atoms with van der Waals surface area (Å²) < 4.78 is 0. The molecule has 2 aliphatic rings. The molecule has 1 aliphatic heterocycles. The first-order valence-corrected chi connectivity index (χ1v) is 5.30. The van der Waals surface area contributed by atoms with Crippen molar-refractivity contribution in [1.29, 1.82) is 0 Å². The van der Waals surface area contributed by atoms with Crippen molar-refractivity contribution in [3.05, 3.63) is 0 Å². The van der Waals surface area contributed by atoms with Gasteiger partial charge < -0.3 is 10.1 Å². The van der Waals surface area contributed by atoms with Gasteiger partial charge in [-0.3, -0.25) is 4.79 Å². The molecule has 78 valence electrons. The van der Waals surface area contributed by atoms with Crippen LogP contribution in [-0.4, -0.2) is 34.8 Å². The van der Waals surface area contributed by atoms with E-state index in [-0.39, 0.29) is 0 Å². The first-order valence-electron chi connectivity index (χ1n) is 5.30. The Bertz CT molecular complexity index is 249. The molecule has 0 aromatic carbocycles. The standard InChI is InChI=1S/C10H16N2O2/c13-10(8-2-1-3-8)12-6-4-9(11-14)5-7-12/h8,14H,1-7H2. The van der Waals surface area contributed by atoms with E-state index >= 15 is 0 Å². The van der Waals surface area contributed by atoms with Crippen LogP contribution >= 0.6 is 0 Å². The fourth-order valence-corrected chi connectivity index (χ4v) is 2.00. The van der Waals surface area contributed by atoms with E-state index in [9.17, 15) is 4.79 Å². The molecule has 1 saturated carbocycles. The number of hydrogen-bond acceptors (Lipinski definition) is 3. The number of likely N-dealkylation sites (tertiary alicyclic amines) is 1. The Morgan fingerprint density at radius 3 is 2.43 bits per heavy atom. The van der Waals surface area contributed by atoms with Gasteiger partial charge >= 0.3 is 0 Å². The lowest BCUT2D eigenvalue weighted by molar-refractivity contribution is -0.138. The number of carbonyl (C=O) groups is 1. The molecule has 1 heterocycles. The van der Waals surface area contributed by atoms with Gasteiger partial charge in [-0.2, -0.15) is 0 Å². The third-order valence-electron chi connectivity index (χ3n) is 3.25. The zero-order valence-electron chi connectivity index (χ0n) is 8.28. The van der Waals surface area contributed by atoms with Crippen molar-refractivity contribution in [2.75, 3.05) is 13.1 Å². The minimum Gasteiger partial charge on any atom is -0.411 e. The molecule has 0 bridgehead atoms. The maximum Gasteiger partial charge on any atom is 0.225 e. The second-order valence-electron chi connectivity index (χ2n) is 4.12. The molecule has 0 atom stereocenters. The van der Waals surface area contributed by atoms with Gasteiger partial charge in [-0.1, -0.05) is 11.6 Å². The number of nitrogens with zero attached hydrogens (tertiary/aromatic N) is 2. The van der Waals surface area contributed by atoms with Crippen molar-refractivity contribution in [2.45, 2.75) is 32.1 Å². The second-order valence-corrected chi connectivity index (χ2v) is 4.12. The predicted octanol–water partition coefficient (Wildman–Crippen LogP) is 1.24. The van der Waals surface area contributed by atoms with Crippen LogP contribution < -0.4 is 0 Å². The number of rotatable bonds is 1. The van der Waals surface area contributed by atoms with Gasteiger partial charge in [0.2, 0.25) is 5.91 Å². The van der Waals surface area contributed by atoms with Crippen LogP contribution in [0.4, 0.5) is 0 Å². The Balaban J connectivity index is 1.85. The molecule has 1 N–H and O–H groups in total. The molecule has 0 spiro atoms. The molecule has 4 nitrogen and oxygen atoms in total. The first kappa shape index (κ1) is 9.49. The average Bonchev–Trinajstić information content (AvgIpc) is 2.15. The summed E-state index contributed by atoms with van der Waals surface area (Å²) in [5.41, 5.74) is 0.822. The molecule has 2 rings (SSSR count). The summed E-state index contributed by atoms with van der Waals surface area (Å²) in [5.74, 6) is 0.607. The number of carbonyl (C=O) groups excluding carboxylic acids is 1. The monoisotopic (exact) mass is 196 g/mol. The van der Waals surface area contributed by atoms with E-state index in [0.29, 0.717) is 11.8 Å². The number of hydrogen-bond donors (Lipinski definition) is 1. The Kier molecular flexibility index (Phi) is 2.70. The molecular formula is C10H16N2O2. The highest BCUT2D eigenvalue weighted by Gasteiger charge is 2.30. The summed E-state index contributed by atoms with van der Waals surface area (Å²) in [6.45, 7) is 1.46. The van der Waals surface area contributed by atoms with Gasteiger partial charge in [0.05, 0.1) is 5.71 Å². The molecule has 2 fully saturated rings. The van der Waals surface area contributed by atoms with Crippen LogP contribution in [0.1, 0.15) is 32.1 Å². The SMILES string of the molecule is O=C(C1CCC1)N1CCC(=NO)CC1. The van der Waals surface area contributed by atoms with Gasteiger partial charge in [-0.05, 0) is 12.8 Å². The van der Waals surface area contributed by atoms with Gasteiger partial charge in [0.25, 0.3) is 0 Å². The van der Waals surface area contributed by atoms with E-state index in [0.717, 1.165) is 44.5 Å². The van der Waals surface area contributed by atoms with Gasteiger partial charge in [-0.25, -0.2) is 0 Å². The summed E-state index contributed by atoms with van der Waals surface area (Å²) in [6, 6.07) is 0. The smallest absolute Gasteiger partial charge is 0.225 e. The van der Waals surface area contributed by atoms with Crippen LogP contribution in [0.5, 0.6) is 0 Å². The van der Waals surface area contributed by atoms with E-state index in [4.69, 9.17) is 5.21 Å². The Morgan fingerprint density at radius 1 is 1.36 bits per heavy atom. The average molecular weight is 196 g/mol. The van der Waals surface area contributed by atoms with Crippen molar-refractivity contribution >= 4 is 11.6 Å². The molecule has 1 aliphatic carbocycles. The molecule has 0 radical (unpaired) electrons. The van der Waals surface area contributed by atoms with Crippen LogP contribution in [0.15, 0.2) is 5.16 Å². The Labute approximate surface area is 83.6 Å². The van der Waals surface area contributed by atoms with E-state index in [1.165, 1.54) is 6.42 Å². The lowest BCUT2D eigenvalue weighted by atomic mass is 9.84. The van der Waals surface area contributed by atoms with Gasteiger partial charge in [0.15, 0.2) is 0 Å². The summed E-state index contributed by atoms with van der Waals surface area (Å²) in [4.78, 5) is 13.7. The number of piperidine rings is 1. The summed E-state index contributed by atoms with van der Waals surface area (Å²) in [5, 5.41) is 11.8. The zero-order valence-corrected chi connectivity index (χ0v) is 8.28. The van der Waals surface area contributed by atoms with Gasteiger partial charge in [0.1, 0.15) is 0 Å². The highest BCUT2D eigenvalue weighted by Crippen LogP contribution is 2.28.